The zero-order chi connectivity index (χ0) is 24.8. The molecule has 34 heavy (non-hydrogen) atoms. The average molecular weight is 491 g/mol. The number of fused-ring (bicyclic) bond motifs is 2. The Hall–Kier alpha value is -1.80. The van der Waals surface area contributed by atoms with E-state index in [1.165, 1.54) is 0 Å². The summed E-state index contributed by atoms with van der Waals surface area (Å²) in [6.07, 6.45) is 10.4. The van der Waals surface area contributed by atoms with Crippen LogP contribution in [0.15, 0.2) is 24.3 Å². The van der Waals surface area contributed by atoms with E-state index in [1.807, 2.05) is 57.7 Å². The van der Waals surface area contributed by atoms with E-state index in [0.29, 0.717) is 13.2 Å². The van der Waals surface area contributed by atoms with E-state index in [-0.39, 0.29) is 35.6 Å². The van der Waals surface area contributed by atoms with E-state index in [1.54, 1.807) is 16.7 Å². The molecular weight excluding hydrogens is 452 g/mol. The number of rotatable bonds is 4. The highest BCUT2D eigenvalue weighted by Gasteiger charge is 2.72. The van der Waals surface area contributed by atoms with E-state index in [0.717, 1.165) is 19.3 Å². The molecule has 1 spiro atoms. The highest BCUT2D eigenvalue weighted by molar-refractivity contribution is 8.02. The number of carbonyl (C=O) groups is 3. The number of aliphatic hydroxyl groups excluding tert-OH is 1. The van der Waals surface area contributed by atoms with Crippen molar-refractivity contribution in [3.05, 3.63) is 24.3 Å². The van der Waals surface area contributed by atoms with Crippen molar-refractivity contribution in [2.24, 2.45) is 17.8 Å². The van der Waals surface area contributed by atoms with E-state index in [2.05, 4.69) is 6.08 Å². The zero-order valence-corrected chi connectivity index (χ0v) is 21.7. The van der Waals surface area contributed by atoms with E-state index in [9.17, 15) is 19.5 Å². The normalized spacial score (nSPS) is 36.5. The van der Waals surface area contributed by atoms with Crippen molar-refractivity contribution < 1.29 is 24.2 Å². The van der Waals surface area contributed by atoms with Crippen LogP contribution < -0.4 is 0 Å². The van der Waals surface area contributed by atoms with Crippen molar-refractivity contribution in [3.63, 3.8) is 0 Å². The summed E-state index contributed by atoms with van der Waals surface area (Å²) in [5.74, 6) is -2.06. The number of cyclic esters (lactones) is 1. The Morgan fingerprint density at radius 1 is 1.24 bits per heavy atom. The van der Waals surface area contributed by atoms with Crippen LogP contribution in [-0.2, 0) is 19.1 Å². The summed E-state index contributed by atoms with van der Waals surface area (Å²) in [4.78, 5) is 45.2. The van der Waals surface area contributed by atoms with Gasteiger partial charge in [0.2, 0.25) is 11.8 Å². The van der Waals surface area contributed by atoms with Crippen molar-refractivity contribution in [3.8, 4) is 0 Å². The molecule has 2 fully saturated rings. The van der Waals surface area contributed by atoms with Crippen LogP contribution >= 0.6 is 11.8 Å². The fourth-order valence-corrected chi connectivity index (χ4v) is 7.96. The Kier molecular flexibility index (Phi) is 6.95. The second kappa shape index (κ2) is 9.34. The number of ether oxygens (including phenoxy) is 1. The third-order valence-electron chi connectivity index (χ3n) is 7.94. The van der Waals surface area contributed by atoms with Crippen molar-refractivity contribution >= 4 is 29.5 Å². The predicted octanol–water partition coefficient (Wildman–Crippen LogP) is 2.78. The molecule has 2 amide bonds. The highest BCUT2D eigenvalue weighted by Crippen LogP contribution is 2.61. The van der Waals surface area contributed by atoms with Gasteiger partial charge in [0, 0.05) is 17.3 Å². The van der Waals surface area contributed by atoms with Crippen LogP contribution in [0.25, 0.3) is 0 Å². The third-order valence-corrected chi connectivity index (χ3v) is 9.69. The van der Waals surface area contributed by atoms with Gasteiger partial charge in [-0.15, -0.1) is 11.8 Å². The first-order valence-electron chi connectivity index (χ1n) is 12.5. The molecule has 4 aliphatic rings. The molecule has 0 saturated carbocycles. The van der Waals surface area contributed by atoms with Crippen molar-refractivity contribution in [2.45, 2.75) is 81.5 Å². The Morgan fingerprint density at radius 2 is 1.97 bits per heavy atom. The molecule has 1 unspecified atom stereocenters. The van der Waals surface area contributed by atoms with Crippen LogP contribution in [0, 0.1) is 17.8 Å². The van der Waals surface area contributed by atoms with E-state index >= 15 is 0 Å². The molecule has 4 heterocycles. The van der Waals surface area contributed by atoms with Crippen LogP contribution in [0.1, 0.15) is 53.9 Å². The lowest BCUT2D eigenvalue weighted by molar-refractivity contribution is -0.154. The van der Waals surface area contributed by atoms with Gasteiger partial charge in [-0.05, 0) is 39.5 Å². The first-order chi connectivity index (χ1) is 16.1. The average Bonchev–Trinajstić information content (AvgIpc) is 3.18. The standard InChI is InChI=1S/C26H38N2O5S/c1-6-16(2)17(15-29)28-21-23(31)27(25(3,4)5)13-10-12-26(21)20(22(28)30)19-18(34-26)11-8-7-9-14-33-24(19)32/h8,10-12,16-21,29H,6-7,9,13-15H2,1-5H3/b11-8-/t16-,17-,18+,19-,20-,21?,26-/m0/s1. The molecule has 0 aliphatic carbocycles. The summed E-state index contributed by atoms with van der Waals surface area (Å²) in [6.45, 7) is 10.5. The molecule has 0 aromatic heterocycles. The molecule has 4 rings (SSSR count). The topological polar surface area (TPSA) is 87.2 Å². The summed E-state index contributed by atoms with van der Waals surface area (Å²) in [7, 11) is 0. The molecule has 8 heteroatoms. The number of amides is 2. The number of allylic oxidation sites excluding steroid dienone is 1. The number of aliphatic hydroxyl groups is 1. The van der Waals surface area contributed by atoms with Crippen LogP contribution in [0.2, 0.25) is 0 Å². The molecule has 4 aliphatic heterocycles. The van der Waals surface area contributed by atoms with Crippen LogP contribution in [-0.4, -0.2) is 80.1 Å². The summed E-state index contributed by atoms with van der Waals surface area (Å²) in [5, 5.41) is 10.2. The van der Waals surface area contributed by atoms with Gasteiger partial charge in [-0.25, -0.2) is 0 Å². The minimum absolute atomic E-state index is 0.00104. The van der Waals surface area contributed by atoms with Gasteiger partial charge < -0.3 is 19.6 Å². The summed E-state index contributed by atoms with van der Waals surface area (Å²) in [5.41, 5.74) is -0.438. The monoisotopic (exact) mass is 490 g/mol. The van der Waals surface area contributed by atoms with Gasteiger partial charge in [0.05, 0.1) is 35.8 Å². The molecule has 7 nitrogen and oxygen atoms in total. The lowest BCUT2D eigenvalue weighted by Gasteiger charge is -2.43. The molecular formula is C26H38N2O5S. The van der Waals surface area contributed by atoms with Gasteiger partial charge in [0.15, 0.2) is 0 Å². The summed E-state index contributed by atoms with van der Waals surface area (Å²) >= 11 is 1.55. The second-order valence-electron chi connectivity index (χ2n) is 11.0. The minimum Gasteiger partial charge on any atom is -0.465 e. The zero-order valence-electron chi connectivity index (χ0n) is 20.9. The lowest BCUT2D eigenvalue weighted by atomic mass is 9.78. The smallest absolute Gasteiger partial charge is 0.311 e. The Balaban J connectivity index is 1.89. The van der Waals surface area contributed by atoms with Gasteiger partial charge in [0.1, 0.15) is 6.04 Å². The number of thioether (sulfide) groups is 1. The maximum absolute atomic E-state index is 14.2. The van der Waals surface area contributed by atoms with Crippen LogP contribution in [0.5, 0.6) is 0 Å². The van der Waals surface area contributed by atoms with Gasteiger partial charge in [-0.2, -0.15) is 0 Å². The van der Waals surface area contributed by atoms with Crippen molar-refractivity contribution in [1.82, 2.24) is 9.80 Å². The fraction of sp³-hybridized carbons (Fsp3) is 0.731. The SMILES string of the molecule is CC[C@H](C)[C@H](CO)N1C(=O)[C@@H]2[C@H]3C(=O)OCCC/C=C\[C@H]3S[C@@]23C=CCN(C(C)(C)C)C(=O)C13. The van der Waals surface area contributed by atoms with Crippen molar-refractivity contribution in [2.75, 3.05) is 19.8 Å². The number of likely N-dealkylation sites (tertiary alicyclic amines) is 1. The van der Waals surface area contributed by atoms with Gasteiger partial charge in [0.25, 0.3) is 0 Å². The first-order valence-corrected chi connectivity index (χ1v) is 13.4. The van der Waals surface area contributed by atoms with E-state index in [4.69, 9.17) is 4.74 Å². The molecule has 188 valence electrons. The van der Waals surface area contributed by atoms with Crippen LogP contribution in [0.3, 0.4) is 0 Å². The largest absolute Gasteiger partial charge is 0.465 e. The first kappa shape index (κ1) is 25.3. The van der Waals surface area contributed by atoms with Crippen molar-refractivity contribution in [1.29, 1.82) is 0 Å². The Morgan fingerprint density at radius 3 is 2.62 bits per heavy atom. The fourth-order valence-electron chi connectivity index (χ4n) is 5.97. The molecule has 1 N–H and O–H groups in total. The quantitative estimate of drug-likeness (QED) is 0.482. The molecule has 0 radical (unpaired) electrons. The number of carbonyl (C=O) groups excluding carboxylic acids is 3. The highest BCUT2D eigenvalue weighted by atomic mass is 32.2. The number of esters is 1. The third kappa shape index (κ3) is 3.91. The Labute approximate surface area is 206 Å². The second-order valence-corrected chi connectivity index (χ2v) is 12.5. The number of hydrogen-bond acceptors (Lipinski definition) is 6. The van der Waals surface area contributed by atoms with Gasteiger partial charge in [-0.1, -0.05) is 44.6 Å². The van der Waals surface area contributed by atoms with Gasteiger partial charge >= 0.3 is 5.97 Å². The summed E-state index contributed by atoms with van der Waals surface area (Å²) in [6, 6.07) is -1.28. The predicted molar refractivity (Wildman–Crippen MR) is 132 cm³/mol. The molecule has 2 saturated heterocycles. The molecule has 0 aromatic rings. The number of nitrogens with zero attached hydrogens (tertiary/aromatic N) is 2. The summed E-state index contributed by atoms with van der Waals surface area (Å²) < 4.78 is 4.72. The number of hydrogen-bond donors (Lipinski definition) is 1. The van der Waals surface area contributed by atoms with Gasteiger partial charge in [-0.3, -0.25) is 14.4 Å². The maximum Gasteiger partial charge on any atom is 0.311 e. The molecule has 0 aromatic carbocycles. The Bertz CT molecular complexity index is 896. The van der Waals surface area contributed by atoms with E-state index < -0.39 is 34.2 Å². The lowest BCUT2D eigenvalue weighted by Crippen LogP contribution is -2.60. The molecule has 0 bridgehead atoms. The molecule has 7 atom stereocenters. The minimum atomic E-state index is -0.882. The maximum atomic E-state index is 14.2. The van der Waals surface area contributed by atoms with Crippen LogP contribution in [0.4, 0.5) is 0 Å².